The van der Waals surface area contributed by atoms with Crippen LogP contribution in [0.5, 0.6) is 0 Å². The summed E-state index contributed by atoms with van der Waals surface area (Å²) in [5, 5.41) is 11.7. The average Bonchev–Trinajstić information content (AvgIpc) is 2.42. The zero-order chi connectivity index (χ0) is 13.8. The third-order valence-electron chi connectivity index (χ3n) is 2.73. The minimum atomic E-state index is -0.238. The Morgan fingerprint density at radius 3 is 2.68 bits per heavy atom. The van der Waals surface area contributed by atoms with Crippen LogP contribution in [0.3, 0.4) is 0 Å². The zero-order valence-electron chi connectivity index (χ0n) is 10.3. The van der Waals surface area contributed by atoms with Crippen molar-refractivity contribution >= 4 is 27.5 Å². The van der Waals surface area contributed by atoms with Crippen LogP contribution in [0.4, 0.5) is 5.69 Å². The molecular weight excluding hydrogens is 304 g/mol. The Balaban J connectivity index is 2.32. The van der Waals surface area contributed by atoms with Crippen molar-refractivity contribution in [2.45, 2.75) is 6.92 Å². The second-order valence-corrected chi connectivity index (χ2v) is 4.84. The van der Waals surface area contributed by atoms with Crippen LogP contribution in [0.1, 0.15) is 21.5 Å². The molecule has 2 aromatic rings. The summed E-state index contributed by atoms with van der Waals surface area (Å²) in [6.45, 7) is 1.92. The lowest BCUT2D eigenvalue weighted by molar-refractivity contribution is 0.102. The molecule has 3 nitrogen and oxygen atoms in total. The van der Waals surface area contributed by atoms with E-state index in [1.807, 2.05) is 19.1 Å². The van der Waals surface area contributed by atoms with E-state index in [9.17, 15) is 4.79 Å². The topological polar surface area (TPSA) is 52.9 Å². The number of benzene rings is 2. The molecule has 0 unspecified atom stereocenters. The summed E-state index contributed by atoms with van der Waals surface area (Å²) in [6.07, 6.45) is 0. The summed E-state index contributed by atoms with van der Waals surface area (Å²) < 4.78 is 0.766. The maximum atomic E-state index is 12.2. The summed E-state index contributed by atoms with van der Waals surface area (Å²) >= 11 is 3.40. The SMILES string of the molecule is Cc1cccc(C(=O)Nc2ccccc2C#N)c1Br. The molecule has 4 heteroatoms. The number of anilines is 1. The van der Waals surface area contributed by atoms with Crippen molar-refractivity contribution < 1.29 is 4.79 Å². The van der Waals surface area contributed by atoms with Gasteiger partial charge >= 0.3 is 0 Å². The van der Waals surface area contributed by atoms with Crippen molar-refractivity contribution in [1.82, 2.24) is 0 Å². The first-order chi connectivity index (χ1) is 9.13. The number of amides is 1. The molecule has 0 saturated carbocycles. The highest BCUT2D eigenvalue weighted by molar-refractivity contribution is 9.10. The first-order valence-corrected chi connectivity index (χ1v) is 6.48. The van der Waals surface area contributed by atoms with E-state index < -0.39 is 0 Å². The Morgan fingerprint density at radius 2 is 1.95 bits per heavy atom. The molecule has 0 fully saturated rings. The molecular formula is C15H11BrN2O. The molecule has 19 heavy (non-hydrogen) atoms. The summed E-state index contributed by atoms with van der Waals surface area (Å²) in [6, 6.07) is 14.5. The van der Waals surface area contributed by atoms with Crippen molar-refractivity contribution in [1.29, 1.82) is 5.26 Å². The molecule has 0 aromatic heterocycles. The van der Waals surface area contributed by atoms with Crippen LogP contribution in [0.25, 0.3) is 0 Å². The van der Waals surface area contributed by atoms with Crippen LogP contribution in [0.15, 0.2) is 46.9 Å². The Bertz CT molecular complexity index is 674. The molecule has 2 aromatic carbocycles. The van der Waals surface area contributed by atoms with Gasteiger partial charge in [-0.1, -0.05) is 24.3 Å². The van der Waals surface area contributed by atoms with Crippen molar-refractivity contribution in [2.75, 3.05) is 5.32 Å². The van der Waals surface area contributed by atoms with Gasteiger partial charge in [0.15, 0.2) is 0 Å². The van der Waals surface area contributed by atoms with Gasteiger partial charge in [0.2, 0.25) is 0 Å². The third kappa shape index (κ3) is 2.83. The number of aryl methyl sites for hydroxylation is 1. The Labute approximate surface area is 120 Å². The normalized spacial score (nSPS) is 9.74. The van der Waals surface area contributed by atoms with Crippen LogP contribution >= 0.6 is 15.9 Å². The summed E-state index contributed by atoms with van der Waals surface area (Å²) in [4.78, 5) is 12.2. The number of para-hydroxylation sites is 1. The van der Waals surface area contributed by atoms with E-state index in [0.717, 1.165) is 10.0 Å². The minimum Gasteiger partial charge on any atom is -0.321 e. The van der Waals surface area contributed by atoms with Gasteiger partial charge in [0.05, 0.1) is 16.8 Å². The molecule has 0 bridgehead atoms. The lowest BCUT2D eigenvalue weighted by Gasteiger charge is -2.09. The predicted molar refractivity (Wildman–Crippen MR) is 78.0 cm³/mol. The van der Waals surface area contributed by atoms with Crippen molar-refractivity contribution in [2.24, 2.45) is 0 Å². The molecule has 2 rings (SSSR count). The van der Waals surface area contributed by atoms with E-state index in [0.29, 0.717) is 16.8 Å². The fourth-order valence-electron chi connectivity index (χ4n) is 1.70. The molecule has 0 saturated heterocycles. The van der Waals surface area contributed by atoms with Crippen LogP contribution in [-0.2, 0) is 0 Å². The van der Waals surface area contributed by atoms with Gasteiger partial charge in [0.25, 0.3) is 5.91 Å². The van der Waals surface area contributed by atoms with Gasteiger partial charge in [-0.05, 0) is 46.6 Å². The number of nitriles is 1. The molecule has 0 aliphatic carbocycles. The van der Waals surface area contributed by atoms with Crippen molar-refractivity contribution in [3.63, 3.8) is 0 Å². The van der Waals surface area contributed by atoms with Crippen molar-refractivity contribution in [3.05, 3.63) is 63.6 Å². The van der Waals surface area contributed by atoms with Gasteiger partial charge in [-0.15, -0.1) is 0 Å². The maximum absolute atomic E-state index is 12.2. The first kappa shape index (κ1) is 13.3. The molecule has 0 spiro atoms. The van der Waals surface area contributed by atoms with Gasteiger partial charge in [-0.3, -0.25) is 4.79 Å². The van der Waals surface area contributed by atoms with E-state index in [1.165, 1.54) is 0 Å². The van der Waals surface area contributed by atoms with E-state index >= 15 is 0 Å². The number of rotatable bonds is 2. The molecule has 1 amide bonds. The number of nitrogens with one attached hydrogen (secondary N) is 1. The third-order valence-corrected chi connectivity index (χ3v) is 3.78. The summed E-state index contributed by atoms with van der Waals surface area (Å²) in [5.74, 6) is -0.238. The Kier molecular flexibility index (Phi) is 3.98. The Morgan fingerprint density at radius 1 is 1.21 bits per heavy atom. The van der Waals surface area contributed by atoms with Crippen LogP contribution in [0.2, 0.25) is 0 Å². The Hall–Kier alpha value is -2.12. The highest BCUT2D eigenvalue weighted by Crippen LogP contribution is 2.23. The highest BCUT2D eigenvalue weighted by atomic mass is 79.9. The van der Waals surface area contributed by atoms with Gasteiger partial charge in [0, 0.05) is 4.47 Å². The highest BCUT2D eigenvalue weighted by Gasteiger charge is 2.12. The fourth-order valence-corrected chi connectivity index (χ4v) is 2.15. The number of nitrogens with zero attached hydrogens (tertiary/aromatic N) is 1. The first-order valence-electron chi connectivity index (χ1n) is 5.69. The van der Waals surface area contributed by atoms with Gasteiger partial charge in [-0.25, -0.2) is 0 Å². The second-order valence-electron chi connectivity index (χ2n) is 4.05. The molecule has 0 aliphatic rings. The largest absolute Gasteiger partial charge is 0.321 e. The molecule has 1 N–H and O–H groups in total. The summed E-state index contributed by atoms with van der Waals surface area (Å²) in [5.41, 5.74) is 2.50. The fraction of sp³-hybridized carbons (Fsp3) is 0.0667. The van der Waals surface area contributed by atoms with Crippen LogP contribution in [0, 0.1) is 18.3 Å². The van der Waals surface area contributed by atoms with E-state index in [2.05, 4.69) is 27.3 Å². The zero-order valence-corrected chi connectivity index (χ0v) is 11.9. The van der Waals surface area contributed by atoms with Gasteiger partial charge < -0.3 is 5.32 Å². The van der Waals surface area contributed by atoms with E-state index in [-0.39, 0.29) is 5.91 Å². The average molecular weight is 315 g/mol. The quantitative estimate of drug-likeness (QED) is 0.914. The lowest BCUT2D eigenvalue weighted by atomic mass is 10.1. The van der Waals surface area contributed by atoms with E-state index in [4.69, 9.17) is 5.26 Å². The van der Waals surface area contributed by atoms with Crippen LogP contribution in [-0.4, -0.2) is 5.91 Å². The van der Waals surface area contributed by atoms with E-state index in [1.54, 1.807) is 30.3 Å². The molecule has 0 atom stereocenters. The second kappa shape index (κ2) is 5.68. The molecule has 94 valence electrons. The predicted octanol–water partition coefficient (Wildman–Crippen LogP) is 3.88. The number of halogens is 1. The lowest BCUT2D eigenvalue weighted by Crippen LogP contribution is -2.13. The van der Waals surface area contributed by atoms with Crippen molar-refractivity contribution in [3.8, 4) is 6.07 Å². The standard InChI is InChI=1S/C15H11BrN2O/c1-10-5-4-7-12(14(10)16)15(19)18-13-8-3-2-6-11(13)9-17/h2-8H,1H3,(H,18,19). The number of hydrogen-bond acceptors (Lipinski definition) is 2. The summed E-state index contributed by atoms with van der Waals surface area (Å²) in [7, 11) is 0. The maximum Gasteiger partial charge on any atom is 0.256 e. The molecule has 0 aliphatic heterocycles. The van der Waals surface area contributed by atoms with Gasteiger partial charge in [-0.2, -0.15) is 5.26 Å². The monoisotopic (exact) mass is 314 g/mol. The number of hydrogen-bond donors (Lipinski definition) is 1. The number of carbonyl (C=O) groups excluding carboxylic acids is 1. The van der Waals surface area contributed by atoms with Crippen LogP contribution < -0.4 is 5.32 Å². The van der Waals surface area contributed by atoms with Gasteiger partial charge in [0.1, 0.15) is 6.07 Å². The smallest absolute Gasteiger partial charge is 0.256 e. The number of carbonyl (C=O) groups is 1. The molecule has 0 radical (unpaired) electrons. The molecule has 0 heterocycles. The minimum absolute atomic E-state index is 0.238.